The molecule has 0 radical (unpaired) electrons. The number of aromatic nitrogens is 2. The lowest BCUT2D eigenvalue weighted by atomic mass is 10.1. The van der Waals surface area contributed by atoms with Gasteiger partial charge in [0, 0.05) is 45.4 Å². The molecule has 0 spiro atoms. The second kappa shape index (κ2) is 7.86. The van der Waals surface area contributed by atoms with Crippen LogP contribution in [-0.2, 0) is 27.7 Å². The summed E-state index contributed by atoms with van der Waals surface area (Å²) in [6.07, 6.45) is 3.45. The van der Waals surface area contributed by atoms with Crippen LogP contribution in [0.3, 0.4) is 0 Å². The van der Waals surface area contributed by atoms with Crippen molar-refractivity contribution in [1.29, 1.82) is 0 Å². The van der Waals surface area contributed by atoms with Crippen molar-refractivity contribution < 1.29 is 13.2 Å². The summed E-state index contributed by atoms with van der Waals surface area (Å²) in [5.41, 5.74) is 0.897. The summed E-state index contributed by atoms with van der Waals surface area (Å²) in [5.74, 6) is 0.878. The maximum Gasteiger partial charge on any atom is 0.227 e. The normalized spacial score (nSPS) is 18.8. The zero-order chi connectivity index (χ0) is 18.8. The summed E-state index contributed by atoms with van der Waals surface area (Å²) in [6, 6.07) is 0. The van der Waals surface area contributed by atoms with E-state index in [1.54, 1.807) is 6.20 Å². The van der Waals surface area contributed by atoms with E-state index in [2.05, 4.69) is 23.7 Å². The van der Waals surface area contributed by atoms with Crippen LogP contribution in [0.5, 0.6) is 0 Å². The Morgan fingerprint density at radius 2 is 2.08 bits per heavy atom. The van der Waals surface area contributed by atoms with Crippen molar-refractivity contribution in [3.63, 3.8) is 0 Å². The molecule has 8 heteroatoms. The van der Waals surface area contributed by atoms with Gasteiger partial charge in [-0.15, -0.1) is 0 Å². The van der Waals surface area contributed by atoms with Crippen LogP contribution in [-0.4, -0.2) is 66.6 Å². The number of likely N-dealkylation sites (tertiary alicyclic amines) is 1. The number of carbonyl (C=O) groups is 1. The molecular weight excluding hydrogens is 340 g/mol. The number of hydrogen-bond donors (Lipinski definition) is 0. The lowest BCUT2D eigenvalue weighted by Gasteiger charge is -2.22. The molecule has 25 heavy (non-hydrogen) atoms. The van der Waals surface area contributed by atoms with Crippen molar-refractivity contribution >= 4 is 15.7 Å². The Kier molecular flexibility index (Phi) is 6.26. The number of hydrogen-bond acceptors (Lipinski definition) is 5. The highest BCUT2D eigenvalue weighted by Crippen LogP contribution is 2.20. The monoisotopic (exact) mass is 370 g/mol. The van der Waals surface area contributed by atoms with Gasteiger partial charge >= 0.3 is 0 Å². The lowest BCUT2D eigenvalue weighted by molar-refractivity contribution is -0.127. The van der Waals surface area contributed by atoms with Crippen molar-refractivity contribution in [3.05, 3.63) is 11.9 Å². The molecule has 142 valence electrons. The van der Waals surface area contributed by atoms with Crippen molar-refractivity contribution in [2.45, 2.75) is 45.4 Å². The minimum Gasteiger partial charge on any atom is -0.343 e. The predicted molar refractivity (Wildman–Crippen MR) is 96.9 cm³/mol. The molecule has 0 bridgehead atoms. The first-order valence-electron chi connectivity index (χ1n) is 8.82. The summed E-state index contributed by atoms with van der Waals surface area (Å²) < 4.78 is 25.8. The average molecular weight is 371 g/mol. The number of sulfone groups is 1. The summed E-state index contributed by atoms with van der Waals surface area (Å²) in [5, 5.41) is 0.137. The van der Waals surface area contributed by atoms with E-state index in [0.29, 0.717) is 31.3 Å². The molecule has 0 saturated carbocycles. The van der Waals surface area contributed by atoms with E-state index in [-0.39, 0.29) is 11.1 Å². The smallest absolute Gasteiger partial charge is 0.227 e. The van der Waals surface area contributed by atoms with Crippen LogP contribution >= 0.6 is 0 Å². The summed E-state index contributed by atoms with van der Waals surface area (Å²) in [4.78, 5) is 20.1. The fourth-order valence-electron chi connectivity index (χ4n) is 3.44. The minimum atomic E-state index is -3.35. The van der Waals surface area contributed by atoms with Crippen molar-refractivity contribution in [3.8, 4) is 0 Å². The van der Waals surface area contributed by atoms with Gasteiger partial charge in [0.1, 0.15) is 0 Å². The van der Waals surface area contributed by atoms with Gasteiger partial charge < -0.3 is 14.4 Å². The van der Waals surface area contributed by atoms with Crippen LogP contribution in [0.4, 0.5) is 0 Å². The van der Waals surface area contributed by atoms with Gasteiger partial charge in [0.05, 0.1) is 11.9 Å². The number of carbonyl (C=O) groups excluding carboxylic acids is 1. The SMILES string of the molecule is CCN1CC(CN(C)Cc2cnc(S(C)(=O)=O)n2CC(C)C)CC1=O. The second-order valence-corrected chi connectivity index (χ2v) is 9.42. The molecule has 0 aromatic carbocycles. The van der Waals surface area contributed by atoms with Gasteiger partial charge in [0.15, 0.2) is 0 Å². The topological polar surface area (TPSA) is 75.5 Å². The Morgan fingerprint density at radius 3 is 2.60 bits per heavy atom. The van der Waals surface area contributed by atoms with Crippen LogP contribution < -0.4 is 0 Å². The molecule has 1 aliphatic rings. The zero-order valence-corrected chi connectivity index (χ0v) is 16.7. The second-order valence-electron chi connectivity index (χ2n) is 7.51. The first-order chi connectivity index (χ1) is 11.6. The Hall–Kier alpha value is -1.41. The summed E-state index contributed by atoms with van der Waals surface area (Å²) in [6.45, 7) is 9.73. The minimum absolute atomic E-state index is 0.137. The average Bonchev–Trinajstić information content (AvgIpc) is 3.01. The van der Waals surface area contributed by atoms with Crippen LogP contribution in [0.2, 0.25) is 0 Å². The van der Waals surface area contributed by atoms with E-state index in [0.717, 1.165) is 25.3 Å². The third-order valence-corrected chi connectivity index (χ3v) is 5.45. The Labute approximate surface area is 150 Å². The zero-order valence-electron chi connectivity index (χ0n) is 15.9. The van der Waals surface area contributed by atoms with Crippen molar-refractivity contribution in [2.24, 2.45) is 11.8 Å². The molecule has 1 amide bonds. The Balaban J connectivity index is 2.09. The molecule has 1 atom stereocenters. The van der Waals surface area contributed by atoms with Crippen LogP contribution in [0.15, 0.2) is 11.4 Å². The van der Waals surface area contributed by atoms with Gasteiger partial charge in [-0.2, -0.15) is 0 Å². The standard InChI is InChI=1S/C17H30N4O3S/c1-6-20-11-14(7-16(20)22)10-19(4)12-15-8-18-17(25(5,23)24)21(15)9-13(2)3/h8,13-14H,6-7,9-12H2,1-5H3. The molecule has 2 rings (SSSR count). The van der Waals surface area contributed by atoms with Gasteiger partial charge in [-0.05, 0) is 25.8 Å². The Bertz CT molecular complexity index is 711. The van der Waals surface area contributed by atoms with Gasteiger partial charge in [-0.1, -0.05) is 13.8 Å². The fourth-order valence-corrected chi connectivity index (χ4v) is 4.27. The molecule has 0 N–H and O–H groups in total. The fraction of sp³-hybridized carbons (Fsp3) is 0.765. The highest BCUT2D eigenvalue weighted by Gasteiger charge is 2.29. The number of rotatable bonds is 8. The first kappa shape index (κ1) is 19.9. The van der Waals surface area contributed by atoms with E-state index in [1.807, 2.05) is 23.4 Å². The molecular formula is C17H30N4O3S. The molecule has 1 saturated heterocycles. The van der Waals surface area contributed by atoms with Crippen LogP contribution in [0.25, 0.3) is 0 Å². The Morgan fingerprint density at radius 1 is 1.40 bits per heavy atom. The van der Waals surface area contributed by atoms with Gasteiger partial charge in [-0.25, -0.2) is 13.4 Å². The molecule has 1 aliphatic heterocycles. The largest absolute Gasteiger partial charge is 0.343 e. The van der Waals surface area contributed by atoms with Crippen LogP contribution in [0.1, 0.15) is 32.9 Å². The molecule has 0 aliphatic carbocycles. The lowest BCUT2D eigenvalue weighted by Crippen LogP contribution is -2.29. The highest BCUT2D eigenvalue weighted by atomic mass is 32.2. The van der Waals surface area contributed by atoms with Crippen LogP contribution in [0, 0.1) is 11.8 Å². The van der Waals surface area contributed by atoms with E-state index < -0.39 is 9.84 Å². The number of imidazole rings is 1. The van der Waals surface area contributed by atoms with Gasteiger partial charge in [-0.3, -0.25) is 4.79 Å². The first-order valence-corrected chi connectivity index (χ1v) is 10.7. The van der Waals surface area contributed by atoms with Gasteiger partial charge in [0.2, 0.25) is 20.9 Å². The van der Waals surface area contributed by atoms with E-state index in [9.17, 15) is 13.2 Å². The highest BCUT2D eigenvalue weighted by molar-refractivity contribution is 7.90. The molecule has 1 aromatic rings. The molecule has 2 heterocycles. The number of amides is 1. The van der Waals surface area contributed by atoms with Crippen molar-refractivity contribution in [2.75, 3.05) is 32.9 Å². The van der Waals surface area contributed by atoms with Gasteiger partial charge in [0.25, 0.3) is 0 Å². The van der Waals surface area contributed by atoms with E-state index >= 15 is 0 Å². The summed E-state index contributed by atoms with van der Waals surface area (Å²) >= 11 is 0. The third kappa shape index (κ3) is 5.04. The van der Waals surface area contributed by atoms with E-state index in [4.69, 9.17) is 0 Å². The molecule has 7 nitrogen and oxygen atoms in total. The predicted octanol–water partition coefficient (Wildman–Crippen LogP) is 1.24. The maximum absolute atomic E-state index is 12.0. The molecule has 1 unspecified atom stereocenters. The quantitative estimate of drug-likeness (QED) is 0.688. The van der Waals surface area contributed by atoms with E-state index in [1.165, 1.54) is 6.26 Å². The summed E-state index contributed by atoms with van der Waals surface area (Å²) in [7, 11) is -1.35. The maximum atomic E-state index is 12.0. The molecule has 1 aromatic heterocycles. The third-order valence-electron chi connectivity index (χ3n) is 4.46. The van der Waals surface area contributed by atoms with Crippen molar-refractivity contribution in [1.82, 2.24) is 19.4 Å². The number of nitrogens with zero attached hydrogens (tertiary/aromatic N) is 4. The molecule has 1 fully saturated rings.